The van der Waals surface area contributed by atoms with Gasteiger partial charge >= 0.3 is 6.03 Å². The average Bonchev–Trinajstić information content (AvgIpc) is 3.13. The van der Waals surface area contributed by atoms with Gasteiger partial charge in [0.15, 0.2) is 0 Å². The molecule has 1 aromatic heterocycles. The quantitative estimate of drug-likeness (QED) is 0.829. The summed E-state index contributed by atoms with van der Waals surface area (Å²) < 4.78 is 7.37. The predicted octanol–water partition coefficient (Wildman–Crippen LogP) is 1.20. The SMILES string of the molecule is Cn1cc(-c2ccc(C3CN(C(=O)N4CC[C@@H]5OCC(=O)N[C@@H]5C4)C3)cc2)cn1. The number of morpholine rings is 1. The molecule has 8 nitrogen and oxygen atoms in total. The average molecular weight is 395 g/mol. The van der Waals surface area contributed by atoms with Crippen LogP contribution in [0.1, 0.15) is 17.9 Å². The van der Waals surface area contributed by atoms with Gasteiger partial charge in [0, 0.05) is 50.9 Å². The van der Waals surface area contributed by atoms with Crippen LogP contribution in [0.4, 0.5) is 4.79 Å². The molecule has 2 atom stereocenters. The number of carbonyl (C=O) groups excluding carboxylic acids is 2. The second-order valence-electron chi connectivity index (χ2n) is 8.17. The monoisotopic (exact) mass is 395 g/mol. The third kappa shape index (κ3) is 3.48. The number of rotatable bonds is 2. The second-order valence-corrected chi connectivity index (χ2v) is 8.17. The van der Waals surface area contributed by atoms with E-state index in [0.717, 1.165) is 30.6 Å². The summed E-state index contributed by atoms with van der Waals surface area (Å²) in [5, 5.41) is 7.17. The van der Waals surface area contributed by atoms with Crippen molar-refractivity contribution < 1.29 is 14.3 Å². The lowest BCUT2D eigenvalue weighted by Crippen LogP contribution is -2.63. The molecule has 3 fully saturated rings. The molecule has 3 aliphatic rings. The number of likely N-dealkylation sites (tertiary alicyclic amines) is 2. The lowest BCUT2D eigenvalue weighted by atomic mass is 9.90. The van der Waals surface area contributed by atoms with Crippen molar-refractivity contribution in [2.75, 3.05) is 32.8 Å². The molecule has 3 amide bonds. The first-order valence-corrected chi connectivity index (χ1v) is 10.1. The predicted molar refractivity (Wildman–Crippen MR) is 106 cm³/mol. The van der Waals surface area contributed by atoms with Gasteiger partial charge in [-0.3, -0.25) is 9.48 Å². The Labute approximate surface area is 169 Å². The lowest BCUT2D eigenvalue weighted by Gasteiger charge is -2.46. The van der Waals surface area contributed by atoms with Crippen LogP contribution in [0.5, 0.6) is 0 Å². The zero-order valence-corrected chi connectivity index (χ0v) is 16.5. The molecule has 0 radical (unpaired) electrons. The molecule has 3 aliphatic heterocycles. The highest BCUT2D eigenvalue weighted by Crippen LogP contribution is 2.30. The highest BCUT2D eigenvalue weighted by atomic mass is 16.5. The number of nitrogens with zero attached hydrogens (tertiary/aromatic N) is 4. The van der Waals surface area contributed by atoms with Crippen LogP contribution < -0.4 is 5.32 Å². The van der Waals surface area contributed by atoms with Crippen molar-refractivity contribution in [1.82, 2.24) is 24.9 Å². The van der Waals surface area contributed by atoms with E-state index >= 15 is 0 Å². The summed E-state index contributed by atoms with van der Waals surface area (Å²) in [5.41, 5.74) is 3.51. The van der Waals surface area contributed by atoms with Crippen LogP contribution >= 0.6 is 0 Å². The Morgan fingerprint density at radius 1 is 1.14 bits per heavy atom. The molecule has 0 aliphatic carbocycles. The fourth-order valence-corrected chi connectivity index (χ4v) is 4.44. The molecule has 1 N–H and O–H groups in total. The van der Waals surface area contributed by atoms with Gasteiger partial charge in [-0.2, -0.15) is 5.10 Å². The van der Waals surface area contributed by atoms with E-state index in [0.29, 0.717) is 19.0 Å². The summed E-state index contributed by atoms with van der Waals surface area (Å²) in [6, 6.07) is 8.50. The number of aromatic nitrogens is 2. The molecule has 4 heterocycles. The Morgan fingerprint density at radius 3 is 2.66 bits per heavy atom. The van der Waals surface area contributed by atoms with Gasteiger partial charge in [-0.05, 0) is 17.5 Å². The Bertz CT molecular complexity index is 919. The summed E-state index contributed by atoms with van der Waals surface area (Å²) in [6.07, 6.45) is 4.66. The summed E-state index contributed by atoms with van der Waals surface area (Å²) >= 11 is 0. The van der Waals surface area contributed by atoms with E-state index < -0.39 is 0 Å². The number of ether oxygens (including phenoxy) is 1. The fraction of sp³-hybridized carbons (Fsp3) is 0.476. The van der Waals surface area contributed by atoms with Crippen molar-refractivity contribution in [1.29, 1.82) is 0 Å². The standard InChI is InChI=1S/C21H25N5O3/c1-24-9-16(8-22-24)14-2-4-15(5-3-14)17-10-26(11-17)21(28)25-7-6-19-18(12-25)23-20(27)13-29-19/h2-5,8-9,17-19H,6-7,10-13H2,1H3,(H,23,27)/t18-,19+/m1/s1. The Hall–Kier alpha value is -2.87. The molecular formula is C21H25N5O3. The minimum Gasteiger partial charge on any atom is -0.366 e. The van der Waals surface area contributed by atoms with E-state index in [-0.39, 0.29) is 30.7 Å². The molecule has 8 heteroatoms. The number of urea groups is 1. The Morgan fingerprint density at radius 2 is 1.93 bits per heavy atom. The van der Waals surface area contributed by atoms with E-state index in [1.807, 2.05) is 29.2 Å². The van der Waals surface area contributed by atoms with Gasteiger partial charge in [-0.1, -0.05) is 24.3 Å². The number of hydrogen-bond donors (Lipinski definition) is 1. The van der Waals surface area contributed by atoms with Crippen molar-refractivity contribution >= 4 is 11.9 Å². The third-order valence-corrected chi connectivity index (χ3v) is 6.17. The molecule has 2 aromatic rings. The minimum absolute atomic E-state index is 0.0271. The summed E-state index contributed by atoms with van der Waals surface area (Å²) in [4.78, 5) is 28.1. The highest BCUT2D eigenvalue weighted by Gasteiger charge is 2.40. The molecule has 0 bridgehead atoms. The topological polar surface area (TPSA) is 79.7 Å². The van der Waals surface area contributed by atoms with Crippen LogP contribution in [0.3, 0.4) is 0 Å². The largest absolute Gasteiger partial charge is 0.366 e. The van der Waals surface area contributed by atoms with Gasteiger partial charge in [0.2, 0.25) is 5.91 Å². The number of hydrogen-bond acceptors (Lipinski definition) is 4. The van der Waals surface area contributed by atoms with Crippen LogP contribution in [0.2, 0.25) is 0 Å². The lowest BCUT2D eigenvalue weighted by molar-refractivity contribution is -0.139. The second kappa shape index (κ2) is 7.18. The molecule has 1 aromatic carbocycles. The maximum Gasteiger partial charge on any atom is 0.320 e. The number of fused-ring (bicyclic) bond motifs is 1. The fourth-order valence-electron chi connectivity index (χ4n) is 4.44. The number of aryl methyl sites for hydroxylation is 1. The maximum absolute atomic E-state index is 12.8. The molecule has 0 spiro atoms. The van der Waals surface area contributed by atoms with Gasteiger partial charge in [-0.25, -0.2) is 4.79 Å². The number of piperidine rings is 1. The van der Waals surface area contributed by atoms with Gasteiger partial charge in [-0.15, -0.1) is 0 Å². The molecule has 5 rings (SSSR count). The highest BCUT2D eigenvalue weighted by molar-refractivity contribution is 5.79. The summed E-state index contributed by atoms with van der Waals surface area (Å²) in [5.74, 6) is 0.274. The molecule has 0 saturated carbocycles. The number of amides is 3. The first-order valence-electron chi connectivity index (χ1n) is 10.1. The Kier molecular flexibility index (Phi) is 4.50. The smallest absolute Gasteiger partial charge is 0.320 e. The molecule has 29 heavy (non-hydrogen) atoms. The van der Waals surface area contributed by atoms with Gasteiger partial charge in [0.05, 0.1) is 18.3 Å². The normalized spacial score (nSPS) is 24.7. The summed E-state index contributed by atoms with van der Waals surface area (Å²) in [7, 11) is 1.91. The van der Waals surface area contributed by atoms with Crippen LogP contribution in [-0.4, -0.2) is 76.5 Å². The zero-order valence-electron chi connectivity index (χ0n) is 16.5. The van der Waals surface area contributed by atoms with Crippen LogP contribution in [0.25, 0.3) is 11.1 Å². The first-order chi connectivity index (χ1) is 14.1. The minimum atomic E-state index is -0.0979. The third-order valence-electron chi connectivity index (χ3n) is 6.17. The van der Waals surface area contributed by atoms with E-state index in [4.69, 9.17) is 4.74 Å². The van der Waals surface area contributed by atoms with E-state index in [1.54, 1.807) is 4.68 Å². The first kappa shape index (κ1) is 18.2. The van der Waals surface area contributed by atoms with Gasteiger partial charge < -0.3 is 19.9 Å². The van der Waals surface area contributed by atoms with Crippen LogP contribution in [-0.2, 0) is 16.6 Å². The molecular weight excluding hydrogens is 370 g/mol. The Balaban J connectivity index is 1.16. The van der Waals surface area contributed by atoms with Crippen molar-refractivity contribution in [3.05, 3.63) is 42.2 Å². The molecule has 152 valence electrons. The van der Waals surface area contributed by atoms with Crippen LogP contribution in [0.15, 0.2) is 36.7 Å². The van der Waals surface area contributed by atoms with E-state index in [2.05, 4.69) is 34.7 Å². The van der Waals surface area contributed by atoms with Crippen molar-refractivity contribution in [2.45, 2.75) is 24.5 Å². The van der Waals surface area contributed by atoms with Crippen molar-refractivity contribution in [2.24, 2.45) is 7.05 Å². The number of nitrogens with one attached hydrogen (secondary N) is 1. The van der Waals surface area contributed by atoms with Crippen molar-refractivity contribution in [3.8, 4) is 11.1 Å². The van der Waals surface area contributed by atoms with E-state index in [1.165, 1.54) is 5.56 Å². The zero-order chi connectivity index (χ0) is 20.0. The number of carbonyl (C=O) groups is 2. The van der Waals surface area contributed by atoms with Crippen LogP contribution in [0, 0.1) is 0 Å². The van der Waals surface area contributed by atoms with Gasteiger partial charge in [0.1, 0.15) is 6.61 Å². The van der Waals surface area contributed by atoms with E-state index in [9.17, 15) is 9.59 Å². The molecule has 0 unspecified atom stereocenters. The maximum atomic E-state index is 12.8. The molecule has 3 saturated heterocycles. The number of benzene rings is 1. The summed E-state index contributed by atoms with van der Waals surface area (Å²) in [6.45, 7) is 2.80. The van der Waals surface area contributed by atoms with Gasteiger partial charge in [0.25, 0.3) is 0 Å². The van der Waals surface area contributed by atoms with Crippen molar-refractivity contribution in [3.63, 3.8) is 0 Å².